The van der Waals surface area contributed by atoms with E-state index >= 15 is 0 Å². The van der Waals surface area contributed by atoms with Gasteiger partial charge in [-0.05, 0) is 44.2 Å². The summed E-state index contributed by atoms with van der Waals surface area (Å²) < 4.78 is 34.2. The number of ether oxygens (including phenoxy) is 1. The summed E-state index contributed by atoms with van der Waals surface area (Å²) in [6.45, 7) is 5.97. The van der Waals surface area contributed by atoms with Gasteiger partial charge in [0.2, 0.25) is 15.9 Å². The number of aryl methyl sites for hydroxylation is 1. The van der Waals surface area contributed by atoms with Crippen LogP contribution in [0, 0.1) is 12.8 Å². The van der Waals surface area contributed by atoms with E-state index < -0.39 is 16.1 Å². The Kier molecular flexibility index (Phi) is 8.46. The third-order valence-electron chi connectivity index (χ3n) is 6.58. The Bertz CT molecular complexity index is 1130. The van der Waals surface area contributed by atoms with Gasteiger partial charge in [0.1, 0.15) is 11.9 Å². The molecule has 0 aliphatic carbocycles. The Morgan fingerprint density at radius 1 is 1.14 bits per heavy atom. The van der Waals surface area contributed by atoms with Crippen molar-refractivity contribution in [3.8, 4) is 5.75 Å². The van der Waals surface area contributed by atoms with E-state index in [1.165, 1.54) is 4.31 Å². The van der Waals surface area contributed by atoms with E-state index in [1.807, 2.05) is 58.0 Å². The van der Waals surface area contributed by atoms with Gasteiger partial charge in [-0.25, -0.2) is 8.42 Å². The molecule has 0 spiro atoms. The molecular formula is C26H37N3O5S. The number of hydrogen-bond donors (Lipinski definition) is 1. The van der Waals surface area contributed by atoms with Crippen molar-refractivity contribution in [3.63, 3.8) is 0 Å². The van der Waals surface area contributed by atoms with Crippen LogP contribution >= 0.6 is 0 Å². The molecule has 0 radical (unpaired) electrons. The lowest BCUT2D eigenvalue weighted by Gasteiger charge is -2.33. The number of benzene rings is 2. The number of carbonyl (C=O) groups excluding carboxylic acids is 1. The number of sulfonamides is 1. The highest BCUT2D eigenvalue weighted by atomic mass is 32.2. The van der Waals surface area contributed by atoms with Crippen molar-refractivity contribution in [1.29, 1.82) is 0 Å². The molecule has 1 aliphatic heterocycles. The second-order valence-corrected chi connectivity index (χ2v) is 11.7. The first-order valence-electron chi connectivity index (χ1n) is 11.8. The molecule has 0 saturated carbocycles. The SMILES string of the molecule is Cc1ccc(S(=O)(=O)N(C)C[C@H]2Oc3ccc(N(C)C)cc3CC(=O)N([C@H](C)CO)C[C@H]2C)cc1. The van der Waals surface area contributed by atoms with Gasteiger partial charge in [-0.2, -0.15) is 4.31 Å². The topological polar surface area (TPSA) is 90.4 Å². The molecule has 3 rings (SSSR count). The summed E-state index contributed by atoms with van der Waals surface area (Å²) in [4.78, 5) is 17.1. The predicted molar refractivity (Wildman–Crippen MR) is 137 cm³/mol. The van der Waals surface area contributed by atoms with Crippen LogP contribution in [0.1, 0.15) is 25.0 Å². The Labute approximate surface area is 209 Å². The summed E-state index contributed by atoms with van der Waals surface area (Å²) in [6.07, 6.45) is -0.373. The second kappa shape index (κ2) is 11.0. The van der Waals surface area contributed by atoms with E-state index in [4.69, 9.17) is 4.74 Å². The maximum absolute atomic E-state index is 13.2. The number of nitrogens with zero attached hydrogens (tertiary/aromatic N) is 3. The fourth-order valence-corrected chi connectivity index (χ4v) is 5.34. The number of hydrogen-bond acceptors (Lipinski definition) is 6. The van der Waals surface area contributed by atoms with Gasteiger partial charge in [0.15, 0.2) is 0 Å². The molecule has 0 unspecified atom stereocenters. The molecule has 1 heterocycles. The molecule has 1 N–H and O–H groups in total. The maximum Gasteiger partial charge on any atom is 0.242 e. The van der Waals surface area contributed by atoms with Crippen molar-refractivity contribution in [2.75, 3.05) is 45.7 Å². The average molecular weight is 504 g/mol. The minimum Gasteiger partial charge on any atom is -0.488 e. The number of aliphatic hydroxyl groups excluding tert-OH is 1. The lowest BCUT2D eigenvalue weighted by atomic mass is 10.0. The van der Waals surface area contributed by atoms with Crippen molar-refractivity contribution in [2.24, 2.45) is 5.92 Å². The number of anilines is 1. The molecule has 2 aromatic rings. The van der Waals surface area contributed by atoms with E-state index in [1.54, 1.807) is 36.2 Å². The zero-order valence-corrected chi connectivity index (χ0v) is 22.2. The Morgan fingerprint density at radius 3 is 2.40 bits per heavy atom. The van der Waals surface area contributed by atoms with Crippen LogP contribution in [-0.4, -0.2) is 81.6 Å². The van der Waals surface area contributed by atoms with E-state index in [2.05, 4.69) is 0 Å². The van der Waals surface area contributed by atoms with Crippen LogP contribution in [0.4, 0.5) is 5.69 Å². The third kappa shape index (κ3) is 6.15. The van der Waals surface area contributed by atoms with Crippen LogP contribution < -0.4 is 9.64 Å². The van der Waals surface area contributed by atoms with Crippen LogP contribution in [0.2, 0.25) is 0 Å². The lowest BCUT2D eigenvalue weighted by molar-refractivity contribution is -0.134. The van der Waals surface area contributed by atoms with Gasteiger partial charge in [-0.1, -0.05) is 24.6 Å². The van der Waals surface area contributed by atoms with Gasteiger partial charge < -0.3 is 19.6 Å². The summed E-state index contributed by atoms with van der Waals surface area (Å²) in [5.74, 6) is 0.281. The highest BCUT2D eigenvalue weighted by Crippen LogP contribution is 2.30. The first-order chi connectivity index (χ1) is 16.4. The largest absolute Gasteiger partial charge is 0.488 e. The highest BCUT2D eigenvalue weighted by Gasteiger charge is 2.33. The number of rotatable bonds is 7. The van der Waals surface area contributed by atoms with Gasteiger partial charge >= 0.3 is 0 Å². The van der Waals surface area contributed by atoms with Crippen LogP contribution in [-0.2, 0) is 21.2 Å². The van der Waals surface area contributed by atoms with Gasteiger partial charge in [-0.15, -0.1) is 0 Å². The first kappa shape index (κ1) is 27.0. The molecule has 35 heavy (non-hydrogen) atoms. The molecule has 0 aromatic heterocycles. The Hall–Kier alpha value is -2.62. The normalized spacial score (nSPS) is 19.9. The fraction of sp³-hybridized carbons (Fsp3) is 0.500. The van der Waals surface area contributed by atoms with E-state index in [0.717, 1.165) is 16.8 Å². The fourth-order valence-electron chi connectivity index (χ4n) is 4.15. The monoisotopic (exact) mass is 503 g/mol. The van der Waals surface area contributed by atoms with Crippen LogP contribution in [0.25, 0.3) is 0 Å². The summed E-state index contributed by atoms with van der Waals surface area (Å²) >= 11 is 0. The summed E-state index contributed by atoms with van der Waals surface area (Å²) in [5, 5.41) is 9.78. The Balaban J connectivity index is 1.97. The molecule has 8 nitrogen and oxygen atoms in total. The first-order valence-corrected chi connectivity index (χ1v) is 13.3. The summed E-state index contributed by atoms with van der Waals surface area (Å²) in [7, 11) is 1.68. The summed E-state index contributed by atoms with van der Waals surface area (Å²) in [5.41, 5.74) is 2.65. The molecule has 1 aliphatic rings. The van der Waals surface area contributed by atoms with Gasteiger partial charge in [-0.3, -0.25) is 4.79 Å². The number of fused-ring (bicyclic) bond motifs is 1. The van der Waals surface area contributed by atoms with Gasteiger partial charge in [0, 0.05) is 44.9 Å². The number of amides is 1. The molecule has 0 bridgehead atoms. The minimum atomic E-state index is -3.72. The van der Waals surface area contributed by atoms with Crippen LogP contribution in [0.3, 0.4) is 0 Å². The van der Waals surface area contributed by atoms with Crippen molar-refractivity contribution >= 4 is 21.6 Å². The second-order valence-electron chi connectivity index (χ2n) is 9.67. The summed E-state index contributed by atoms with van der Waals surface area (Å²) in [6, 6.07) is 12.1. The number of aliphatic hydroxyl groups is 1. The van der Waals surface area contributed by atoms with E-state index in [9.17, 15) is 18.3 Å². The molecule has 0 fully saturated rings. The standard InChI is InChI=1S/C26H37N3O5S/c1-18-7-10-23(11-8-18)35(32,33)28(6)16-25-19(2)15-29(20(3)17-30)26(31)14-21-13-22(27(4)5)9-12-24(21)34-25/h7-13,19-20,25,30H,14-17H2,1-6H3/t19-,20-,25-/m1/s1. The van der Waals surface area contributed by atoms with Crippen molar-refractivity contribution in [3.05, 3.63) is 53.6 Å². The van der Waals surface area contributed by atoms with Gasteiger partial charge in [0.25, 0.3) is 0 Å². The number of likely N-dealkylation sites (N-methyl/N-ethyl adjacent to an activating group) is 1. The Morgan fingerprint density at radius 2 is 1.80 bits per heavy atom. The quantitative estimate of drug-likeness (QED) is 0.625. The van der Waals surface area contributed by atoms with Crippen molar-refractivity contribution < 1.29 is 23.1 Å². The highest BCUT2D eigenvalue weighted by molar-refractivity contribution is 7.89. The molecule has 9 heteroatoms. The van der Waals surface area contributed by atoms with Gasteiger partial charge in [0.05, 0.1) is 30.5 Å². The molecule has 192 valence electrons. The number of carbonyl (C=O) groups is 1. The van der Waals surface area contributed by atoms with E-state index in [0.29, 0.717) is 12.3 Å². The van der Waals surface area contributed by atoms with Crippen molar-refractivity contribution in [2.45, 2.75) is 44.2 Å². The smallest absolute Gasteiger partial charge is 0.242 e. The molecule has 0 saturated heterocycles. The lowest BCUT2D eigenvalue weighted by Crippen LogP contribution is -2.48. The average Bonchev–Trinajstić information content (AvgIpc) is 2.86. The minimum absolute atomic E-state index is 0.0968. The predicted octanol–water partition coefficient (Wildman–Crippen LogP) is 2.53. The molecule has 3 atom stereocenters. The maximum atomic E-state index is 13.2. The van der Waals surface area contributed by atoms with Crippen LogP contribution in [0.5, 0.6) is 5.75 Å². The zero-order chi connectivity index (χ0) is 25.9. The van der Waals surface area contributed by atoms with E-state index in [-0.39, 0.29) is 42.3 Å². The van der Waals surface area contributed by atoms with Crippen molar-refractivity contribution in [1.82, 2.24) is 9.21 Å². The molecule has 2 aromatic carbocycles. The molecule has 1 amide bonds. The zero-order valence-electron chi connectivity index (χ0n) is 21.4. The van der Waals surface area contributed by atoms with Crippen LogP contribution in [0.15, 0.2) is 47.4 Å². The third-order valence-corrected chi connectivity index (χ3v) is 8.42. The molecular weight excluding hydrogens is 466 g/mol.